The molecule has 0 bridgehead atoms. The standard InChI is InChI=1S/C14H13NO.ClH/c16-14-9-5-11-15(12-14)10-4-8-13-6-2-1-3-7-13;/h1-9,11-12H,10H2;1H/b8-4+;. The van der Waals surface area contributed by atoms with Crippen molar-refractivity contribution >= 4 is 6.08 Å². The van der Waals surface area contributed by atoms with Gasteiger partial charge in [0.25, 0.3) is 0 Å². The molecule has 2 rings (SSSR count). The molecule has 0 aliphatic heterocycles. The van der Waals surface area contributed by atoms with Crippen LogP contribution in [0.15, 0.2) is 60.9 Å². The van der Waals surface area contributed by atoms with E-state index < -0.39 is 0 Å². The summed E-state index contributed by atoms with van der Waals surface area (Å²) in [5.74, 6) is 0.288. The van der Waals surface area contributed by atoms with Crippen molar-refractivity contribution in [2.45, 2.75) is 6.54 Å². The Morgan fingerprint density at radius 2 is 1.82 bits per heavy atom. The lowest BCUT2D eigenvalue weighted by Crippen LogP contribution is -3.00. The molecule has 1 N–H and O–H groups in total. The van der Waals surface area contributed by atoms with Crippen LogP contribution in [0.3, 0.4) is 0 Å². The third-order valence-corrected chi connectivity index (χ3v) is 2.27. The molecule has 0 saturated carbocycles. The van der Waals surface area contributed by atoms with E-state index in [1.54, 1.807) is 12.3 Å². The van der Waals surface area contributed by atoms with E-state index in [2.05, 4.69) is 24.3 Å². The predicted molar refractivity (Wildman–Crippen MR) is 63.8 cm³/mol. The average molecular weight is 248 g/mol. The minimum absolute atomic E-state index is 0. The molecule has 0 unspecified atom stereocenters. The fraction of sp³-hybridized carbons (Fsp3) is 0.0714. The molecule has 1 aromatic carbocycles. The second-order valence-electron chi connectivity index (χ2n) is 3.57. The van der Waals surface area contributed by atoms with Gasteiger partial charge >= 0.3 is 0 Å². The van der Waals surface area contributed by atoms with Gasteiger partial charge in [-0.05, 0) is 17.7 Å². The topological polar surface area (TPSA) is 24.1 Å². The van der Waals surface area contributed by atoms with Gasteiger partial charge in [-0.25, -0.2) is 0 Å². The second-order valence-corrected chi connectivity index (χ2v) is 3.57. The van der Waals surface area contributed by atoms with Crippen molar-refractivity contribution in [1.29, 1.82) is 0 Å². The molecule has 88 valence electrons. The van der Waals surface area contributed by atoms with E-state index in [0.717, 1.165) is 6.54 Å². The third kappa shape index (κ3) is 4.29. The number of benzene rings is 1. The molecule has 0 aliphatic rings. The van der Waals surface area contributed by atoms with Gasteiger partial charge in [-0.1, -0.05) is 36.4 Å². The number of aromatic nitrogens is 1. The van der Waals surface area contributed by atoms with Gasteiger partial charge in [-0.3, -0.25) is 0 Å². The summed E-state index contributed by atoms with van der Waals surface area (Å²) in [5, 5.41) is 9.28. The van der Waals surface area contributed by atoms with E-state index in [1.165, 1.54) is 5.56 Å². The molecule has 0 fully saturated rings. The fourth-order valence-electron chi connectivity index (χ4n) is 1.50. The van der Waals surface area contributed by atoms with Crippen LogP contribution in [-0.4, -0.2) is 5.11 Å². The lowest BCUT2D eigenvalue weighted by molar-refractivity contribution is -0.687. The number of allylic oxidation sites excluding steroid dienone is 1. The Kier molecular flexibility index (Phi) is 5.24. The molecular weight excluding hydrogens is 234 g/mol. The Hall–Kier alpha value is -1.80. The lowest BCUT2D eigenvalue weighted by atomic mass is 10.2. The maximum absolute atomic E-state index is 9.28. The van der Waals surface area contributed by atoms with Crippen LogP contribution in [0, 0.1) is 0 Å². The highest BCUT2D eigenvalue weighted by Gasteiger charge is 1.97. The van der Waals surface area contributed by atoms with Gasteiger partial charge in [0.2, 0.25) is 6.20 Å². The Balaban J connectivity index is 0.00000144. The zero-order valence-corrected chi connectivity index (χ0v) is 10.1. The largest absolute Gasteiger partial charge is 1.00 e. The van der Waals surface area contributed by atoms with E-state index in [0.29, 0.717) is 0 Å². The summed E-state index contributed by atoms with van der Waals surface area (Å²) < 4.78 is 1.93. The second kappa shape index (κ2) is 6.71. The molecular formula is C14H14ClNO. The van der Waals surface area contributed by atoms with E-state index in [9.17, 15) is 5.11 Å². The van der Waals surface area contributed by atoms with Crippen molar-refractivity contribution in [3.63, 3.8) is 0 Å². The van der Waals surface area contributed by atoms with E-state index in [-0.39, 0.29) is 18.2 Å². The Morgan fingerprint density at radius 3 is 2.53 bits per heavy atom. The van der Waals surface area contributed by atoms with Gasteiger partial charge < -0.3 is 17.5 Å². The molecule has 0 aliphatic carbocycles. The summed E-state index contributed by atoms with van der Waals surface area (Å²) in [7, 11) is 0. The van der Waals surface area contributed by atoms with Crippen LogP contribution in [0.4, 0.5) is 0 Å². The van der Waals surface area contributed by atoms with Crippen LogP contribution in [0.5, 0.6) is 5.75 Å². The maximum atomic E-state index is 9.28. The molecule has 1 heterocycles. The Labute approximate surface area is 107 Å². The van der Waals surface area contributed by atoms with Gasteiger partial charge in [0.05, 0.1) is 0 Å². The number of halogens is 1. The fourth-order valence-corrected chi connectivity index (χ4v) is 1.50. The van der Waals surface area contributed by atoms with Crippen LogP contribution in [0.25, 0.3) is 6.08 Å². The van der Waals surface area contributed by atoms with Crippen molar-refractivity contribution in [3.05, 3.63) is 66.5 Å². The first-order valence-corrected chi connectivity index (χ1v) is 5.24. The first-order valence-electron chi connectivity index (χ1n) is 5.24. The third-order valence-electron chi connectivity index (χ3n) is 2.27. The maximum Gasteiger partial charge on any atom is 0.211 e. The number of aromatic hydroxyl groups is 1. The SMILES string of the molecule is Oc1ccc[n+](C/C=C/c2ccccc2)c1.[Cl-]. The molecule has 1 aromatic heterocycles. The first kappa shape index (κ1) is 13.3. The number of pyridine rings is 1. The quantitative estimate of drug-likeness (QED) is 0.720. The van der Waals surface area contributed by atoms with Gasteiger partial charge in [-0.2, -0.15) is 4.57 Å². The number of nitrogens with zero attached hydrogens (tertiary/aromatic N) is 1. The summed E-state index contributed by atoms with van der Waals surface area (Å²) in [6.07, 6.45) is 7.76. The van der Waals surface area contributed by atoms with Crippen LogP contribution in [0.1, 0.15) is 5.56 Å². The van der Waals surface area contributed by atoms with Crippen molar-refractivity contribution in [1.82, 2.24) is 0 Å². The molecule has 3 heteroatoms. The zero-order valence-electron chi connectivity index (χ0n) is 9.33. The molecule has 0 saturated heterocycles. The number of hydrogen-bond donors (Lipinski definition) is 1. The lowest BCUT2D eigenvalue weighted by Gasteiger charge is -1.93. The van der Waals surface area contributed by atoms with Crippen LogP contribution >= 0.6 is 0 Å². The highest BCUT2D eigenvalue weighted by molar-refractivity contribution is 5.48. The van der Waals surface area contributed by atoms with Crippen LogP contribution < -0.4 is 17.0 Å². The molecule has 0 amide bonds. The van der Waals surface area contributed by atoms with E-state index in [1.807, 2.05) is 35.0 Å². The number of rotatable bonds is 3. The summed E-state index contributed by atoms with van der Waals surface area (Å²) >= 11 is 0. The first-order chi connectivity index (χ1) is 7.84. The molecule has 2 nitrogen and oxygen atoms in total. The van der Waals surface area contributed by atoms with Crippen molar-refractivity contribution in [2.75, 3.05) is 0 Å². The molecule has 0 atom stereocenters. The predicted octanol–water partition coefficient (Wildman–Crippen LogP) is -0.603. The summed E-state index contributed by atoms with van der Waals surface area (Å²) in [5.41, 5.74) is 1.18. The van der Waals surface area contributed by atoms with Crippen LogP contribution in [-0.2, 0) is 6.54 Å². The summed E-state index contributed by atoms with van der Waals surface area (Å²) in [6, 6.07) is 13.6. The summed E-state index contributed by atoms with van der Waals surface area (Å²) in [6.45, 7) is 0.753. The van der Waals surface area contributed by atoms with Gasteiger partial charge in [0.15, 0.2) is 18.5 Å². The van der Waals surface area contributed by atoms with Crippen LogP contribution in [0.2, 0.25) is 0 Å². The molecule has 0 spiro atoms. The minimum atomic E-state index is 0. The van der Waals surface area contributed by atoms with Crippen molar-refractivity contribution in [3.8, 4) is 5.75 Å². The molecule has 0 radical (unpaired) electrons. The highest BCUT2D eigenvalue weighted by atomic mass is 35.5. The number of hydrogen-bond acceptors (Lipinski definition) is 1. The van der Waals surface area contributed by atoms with Crippen molar-refractivity contribution < 1.29 is 22.1 Å². The molecule has 17 heavy (non-hydrogen) atoms. The smallest absolute Gasteiger partial charge is 0.211 e. The molecule has 2 aromatic rings. The Morgan fingerprint density at radius 1 is 1.06 bits per heavy atom. The highest BCUT2D eigenvalue weighted by Crippen LogP contribution is 2.02. The monoisotopic (exact) mass is 247 g/mol. The minimum Gasteiger partial charge on any atom is -1.00 e. The zero-order chi connectivity index (χ0) is 11.2. The Bertz CT molecular complexity index is 483. The van der Waals surface area contributed by atoms with Gasteiger partial charge in [-0.15, -0.1) is 0 Å². The van der Waals surface area contributed by atoms with Gasteiger partial charge in [0, 0.05) is 6.07 Å². The van der Waals surface area contributed by atoms with E-state index in [4.69, 9.17) is 0 Å². The van der Waals surface area contributed by atoms with Gasteiger partial charge in [0.1, 0.15) is 0 Å². The summed E-state index contributed by atoms with van der Waals surface area (Å²) in [4.78, 5) is 0. The average Bonchev–Trinajstić information content (AvgIpc) is 2.30. The normalized spacial score (nSPS) is 10.1. The van der Waals surface area contributed by atoms with Crippen molar-refractivity contribution in [2.24, 2.45) is 0 Å². The van der Waals surface area contributed by atoms with E-state index >= 15 is 0 Å².